The molecule has 0 atom stereocenters. The molecule has 3 heteroatoms. The first-order chi connectivity index (χ1) is 14.6. The largest absolute Gasteiger partial charge is 0.369 e. The molecule has 152 valence electrons. The zero-order chi connectivity index (χ0) is 20.7. The van der Waals surface area contributed by atoms with Gasteiger partial charge < -0.3 is 14.2 Å². The number of benzene rings is 3. The fourth-order valence-electron chi connectivity index (χ4n) is 4.68. The second-order valence-electron chi connectivity index (χ2n) is 8.42. The Morgan fingerprint density at radius 1 is 0.933 bits per heavy atom. The highest BCUT2D eigenvalue weighted by atomic mass is 16.5. The van der Waals surface area contributed by atoms with E-state index in [9.17, 15) is 0 Å². The molecule has 1 aromatic heterocycles. The van der Waals surface area contributed by atoms with E-state index in [1.54, 1.807) is 0 Å². The summed E-state index contributed by atoms with van der Waals surface area (Å²) in [5.74, 6) is 0. The van der Waals surface area contributed by atoms with Crippen LogP contribution in [0.5, 0.6) is 0 Å². The number of hydrogen-bond acceptors (Lipinski definition) is 2. The lowest BCUT2D eigenvalue weighted by Crippen LogP contribution is -2.21. The van der Waals surface area contributed by atoms with Gasteiger partial charge in [0.2, 0.25) is 0 Å². The van der Waals surface area contributed by atoms with Gasteiger partial charge in [-0.05, 0) is 56.7 Å². The number of rotatable bonds is 3. The molecule has 0 N–H and O–H groups in total. The summed E-state index contributed by atoms with van der Waals surface area (Å²) < 4.78 is 8.53. The van der Waals surface area contributed by atoms with Crippen molar-refractivity contribution in [2.75, 3.05) is 18.1 Å². The van der Waals surface area contributed by atoms with Gasteiger partial charge in [-0.3, -0.25) is 0 Å². The Morgan fingerprint density at radius 2 is 1.70 bits per heavy atom. The maximum Gasteiger partial charge on any atom is 0.0896 e. The lowest BCUT2D eigenvalue weighted by atomic mass is 9.96. The second-order valence-corrected chi connectivity index (χ2v) is 8.42. The zero-order valence-corrected chi connectivity index (χ0v) is 17.9. The third-order valence-electron chi connectivity index (χ3n) is 6.22. The van der Waals surface area contributed by atoms with Gasteiger partial charge in [-0.2, -0.15) is 0 Å². The molecule has 0 aliphatic carbocycles. The van der Waals surface area contributed by atoms with Crippen LogP contribution < -0.4 is 4.90 Å². The van der Waals surface area contributed by atoms with Gasteiger partial charge in [0.15, 0.2) is 0 Å². The third-order valence-corrected chi connectivity index (χ3v) is 6.22. The number of para-hydroxylation sites is 2. The molecule has 3 nitrogen and oxygen atoms in total. The van der Waals surface area contributed by atoms with Crippen LogP contribution in [0, 0.1) is 0 Å². The van der Waals surface area contributed by atoms with Crippen molar-refractivity contribution in [3.8, 4) is 0 Å². The number of nitrogens with zero attached hydrogens (tertiary/aromatic N) is 2. The summed E-state index contributed by atoms with van der Waals surface area (Å²) in [5, 5.41) is 2.63. The Morgan fingerprint density at radius 3 is 2.57 bits per heavy atom. The highest BCUT2D eigenvalue weighted by molar-refractivity contribution is 6.08. The highest BCUT2D eigenvalue weighted by Crippen LogP contribution is 2.36. The molecule has 1 aliphatic heterocycles. The molecule has 3 aromatic carbocycles. The van der Waals surface area contributed by atoms with Gasteiger partial charge in [0.25, 0.3) is 0 Å². The molecule has 2 heterocycles. The van der Waals surface area contributed by atoms with Crippen molar-refractivity contribution in [2.45, 2.75) is 32.9 Å². The lowest BCUT2D eigenvalue weighted by molar-refractivity contribution is -0.0128. The highest BCUT2D eigenvalue weighted by Gasteiger charge is 2.28. The van der Waals surface area contributed by atoms with Crippen LogP contribution in [0.1, 0.15) is 31.9 Å². The summed E-state index contributed by atoms with van der Waals surface area (Å²) in [6.07, 6.45) is 4.41. The molecule has 0 saturated heterocycles. The van der Waals surface area contributed by atoms with Gasteiger partial charge in [0.1, 0.15) is 0 Å². The number of aryl methyl sites for hydroxylation is 1. The number of hydrogen-bond donors (Lipinski definition) is 0. The van der Waals surface area contributed by atoms with E-state index in [0.717, 1.165) is 13.1 Å². The molecular weight excluding hydrogens is 368 g/mol. The normalized spacial score (nSPS) is 16.3. The van der Waals surface area contributed by atoms with Crippen molar-refractivity contribution in [1.82, 2.24) is 4.57 Å². The first kappa shape index (κ1) is 19.0. The lowest BCUT2D eigenvalue weighted by Gasteiger charge is -2.26. The maximum absolute atomic E-state index is 6.14. The van der Waals surface area contributed by atoms with Crippen molar-refractivity contribution in [1.29, 1.82) is 0 Å². The van der Waals surface area contributed by atoms with E-state index >= 15 is 0 Å². The van der Waals surface area contributed by atoms with E-state index in [1.165, 1.54) is 38.6 Å². The van der Waals surface area contributed by atoms with Crippen molar-refractivity contribution < 1.29 is 4.74 Å². The summed E-state index contributed by atoms with van der Waals surface area (Å²) in [5.41, 5.74) is 5.99. The molecule has 5 rings (SSSR count). The van der Waals surface area contributed by atoms with Crippen LogP contribution in [-0.4, -0.2) is 17.7 Å². The second kappa shape index (κ2) is 7.33. The smallest absolute Gasteiger partial charge is 0.0896 e. The van der Waals surface area contributed by atoms with Crippen LogP contribution in [-0.2, 0) is 16.9 Å². The predicted molar refractivity (Wildman–Crippen MR) is 127 cm³/mol. The number of aromatic nitrogens is 1. The van der Waals surface area contributed by atoms with Gasteiger partial charge in [0, 0.05) is 52.3 Å². The van der Waals surface area contributed by atoms with Crippen LogP contribution in [0.25, 0.3) is 27.9 Å². The number of anilines is 1. The average molecular weight is 397 g/mol. The van der Waals surface area contributed by atoms with Crippen molar-refractivity contribution in [2.24, 2.45) is 0 Å². The van der Waals surface area contributed by atoms with Crippen molar-refractivity contribution in [3.05, 3.63) is 84.1 Å². The first-order valence-corrected chi connectivity index (χ1v) is 10.8. The molecule has 0 fully saturated rings. The van der Waals surface area contributed by atoms with Gasteiger partial charge >= 0.3 is 0 Å². The van der Waals surface area contributed by atoms with Gasteiger partial charge in [-0.25, -0.2) is 0 Å². The van der Waals surface area contributed by atoms with Gasteiger partial charge in [-0.15, -0.1) is 0 Å². The standard InChI is InChI=1S/C27H28N2O/c1-4-29-24-11-7-5-9-21(24)22-19-20(13-14-25(22)29)15-16-28-17-18-30-27(2,3)23-10-6-8-12-26(23)28/h5-16,19H,4,17-18H2,1-3H3/b16-15+. The van der Waals surface area contributed by atoms with E-state index < -0.39 is 0 Å². The van der Waals surface area contributed by atoms with Crippen LogP contribution in [0.3, 0.4) is 0 Å². The molecule has 4 aromatic rings. The topological polar surface area (TPSA) is 17.4 Å². The summed E-state index contributed by atoms with van der Waals surface area (Å²) in [4.78, 5) is 2.31. The molecule has 1 aliphatic rings. The molecule has 0 radical (unpaired) electrons. The number of fused-ring (bicyclic) bond motifs is 4. The fraction of sp³-hybridized carbons (Fsp3) is 0.259. The van der Waals surface area contributed by atoms with E-state index in [0.29, 0.717) is 6.61 Å². The van der Waals surface area contributed by atoms with Crippen LogP contribution in [0.15, 0.2) is 72.9 Å². The van der Waals surface area contributed by atoms with E-state index in [2.05, 4.69) is 109 Å². The maximum atomic E-state index is 6.14. The van der Waals surface area contributed by atoms with Crippen molar-refractivity contribution >= 4 is 33.6 Å². The van der Waals surface area contributed by atoms with E-state index in [-0.39, 0.29) is 5.60 Å². The molecule has 0 unspecified atom stereocenters. The Balaban J connectivity index is 1.55. The minimum Gasteiger partial charge on any atom is -0.369 e. The summed E-state index contributed by atoms with van der Waals surface area (Å²) in [7, 11) is 0. The molecule has 0 bridgehead atoms. The molecule has 0 saturated carbocycles. The van der Waals surface area contributed by atoms with Gasteiger partial charge in [-0.1, -0.05) is 42.5 Å². The summed E-state index contributed by atoms with van der Waals surface area (Å²) in [6.45, 7) is 9.02. The fourth-order valence-corrected chi connectivity index (χ4v) is 4.68. The summed E-state index contributed by atoms with van der Waals surface area (Å²) in [6, 6.07) is 24.0. The van der Waals surface area contributed by atoms with Gasteiger partial charge in [0.05, 0.1) is 12.2 Å². The molecular formula is C27H28N2O. The summed E-state index contributed by atoms with van der Waals surface area (Å²) >= 11 is 0. The quantitative estimate of drug-likeness (QED) is 0.390. The SMILES string of the molecule is CCn1c2ccccc2c2cc(/C=C/N3CCOC(C)(C)c4ccccc43)ccc21. The zero-order valence-electron chi connectivity index (χ0n) is 17.9. The number of ether oxygens (including phenoxy) is 1. The molecule has 0 spiro atoms. The van der Waals surface area contributed by atoms with Crippen LogP contribution in [0.4, 0.5) is 5.69 Å². The first-order valence-electron chi connectivity index (χ1n) is 10.8. The third kappa shape index (κ3) is 3.10. The minimum atomic E-state index is -0.278. The van der Waals surface area contributed by atoms with Crippen LogP contribution >= 0.6 is 0 Å². The van der Waals surface area contributed by atoms with E-state index in [1.807, 2.05) is 0 Å². The predicted octanol–water partition coefficient (Wildman–Crippen LogP) is 6.56. The Labute approximate surface area is 178 Å². The molecule has 0 amide bonds. The molecule has 30 heavy (non-hydrogen) atoms. The van der Waals surface area contributed by atoms with E-state index in [4.69, 9.17) is 4.74 Å². The van der Waals surface area contributed by atoms with Crippen molar-refractivity contribution in [3.63, 3.8) is 0 Å². The minimum absolute atomic E-state index is 0.278. The Hall–Kier alpha value is -3.04. The van der Waals surface area contributed by atoms with Crippen LogP contribution in [0.2, 0.25) is 0 Å². The Kier molecular flexibility index (Phi) is 4.63. The average Bonchev–Trinajstić information content (AvgIpc) is 3.02. The Bertz CT molecular complexity index is 1250. The monoisotopic (exact) mass is 396 g/mol.